The molecule has 0 bridgehead atoms. The number of aromatic nitrogens is 2. The number of hydrogen-bond donors (Lipinski definition) is 4. The molecule has 0 saturated heterocycles. The number of nitrogens with zero attached hydrogens (tertiary/aromatic N) is 2. The van der Waals surface area contributed by atoms with Crippen molar-refractivity contribution < 1.29 is 9.59 Å². The Kier molecular flexibility index (Phi) is 6.97. The lowest BCUT2D eigenvalue weighted by Crippen LogP contribution is -2.52. The number of carbonyl (C=O) groups is 2. The molecule has 3 atom stereocenters. The van der Waals surface area contributed by atoms with E-state index in [2.05, 4.69) is 32.8 Å². The van der Waals surface area contributed by atoms with Gasteiger partial charge in [0.15, 0.2) is 0 Å². The lowest BCUT2D eigenvalue weighted by atomic mass is 9.84. The van der Waals surface area contributed by atoms with E-state index in [4.69, 9.17) is 5.73 Å². The second kappa shape index (κ2) is 9.19. The summed E-state index contributed by atoms with van der Waals surface area (Å²) >= 11 is 0. The highest BCUT2D eigenvalue weighted by atomic mass is 16.2. The average Bonchev–Trinajstić information content (AvgIpc) is 2.60. The minimum Gasteiger partial charge on any atom is -0.370 e. The Morgan fingerprint density at radius 1 is 1.32 bits per heavy atom. The first-order valence-electron chi connectivity index (χ1n) is 8.90. The van der Waals surface area contributed by atoms with Gasteiger partial charge in [-0.1, -0.05) is 19.8 Å². The van der Waals surface area contributed by atoms with Crippen LogP contribution in [-0.4, -0.2) is 40.5 Å². The lowest BCUT2D eigenvalue weighted by molar-refractivity contribution is -0.123. The number of carbonyl (C=O) groups excluding carboxylic acids is 2. The van der Waals surface area contributed by atoms with Crippen LogP contribution in [0.1, 0.15) is 45.2 Å². The molecule has 8 heteroatoms. The number of hydrogen-bond acceptors (Lipinski definition) is 5. The minimum atomic E-state index is -0.694. The van der Waals surface area contributed by atoms with Crippen LogP contribution in [0.15, 0.2) is 12.4 Å². The zero-order valence-electron chi connectivity index (χ0n) is 14.9. The van der Waals surface area contributed by atoms with E-state index in [-0.39, 0.29) is 11.9 Å². The zero-order chi connectivity index (χ0) is 18.2. The maximum absolute atomic E-state index is 12.2. The number of rotatable bonds is 7. The third-order valence-electron chi connectivity index (χ3n) is 4.62. The fourth-order valence-corrected chi connectivity index (χ4v) is 3.15. The van der Waals surface area contributed by atoms with Crippen LogP contribution in [0.4, 0.5) is 10.6 Å². The predicted octanol–water partition coefficient (Wildman–Crippen LogP) is 1.18. The molecular weight excluding hydrogens is 320 g/mol. The molecular formula is C17H28N6O2. The zero-order valence-corrected chi connectivity index (χ0v) is 14.9. The Balaban J connectivity index is 1.91. The molecule has 3 unspecified atom stereocenters. The molecule has 1 aromatic rings. The molecule has 1 aliphatic carbocycles. The van der Waals surface area contributed by atoms with Gasteiger partial charge in [0.05, 0.1) is 0 Å². The quantitative estimate of drug-likeness (QED) is 0.589. The van der Waals surface area contributed by atoms with Crippen LogP contribution in [-0.2, 0) is 11.2 Å². The molecule has 1 aliphatic rings. The van der Waals surface area contributed by atoms with Gasteiger partial charge in [-0.2, -0.15) is 0 Å². The molecule has 25 heavy (non-hydrogen) atoms. The van der Waals surface area contributed by atoms with Gasteiger partial charge in [-0.25, -0.2) is 14.8 Å². The van der Waals surface area contributed by atoms with E-state index in [9.17, 15) is 9.59 Å². The van der Waals surface area contributed by atoms with E-state index in [1.807, 2.05) is 6.07 Å². The van der Waals surface area contributed by atoms with E-state index in [0.717, 1.165) is 50.2 Å². The van der Waals surface area contributed by atoms with Gasteiger partial charge < -0.3 is 21.7 Å². The van der Waals surface area contributed by atoms with Gasteiger partial charge in [0.25, 0.3) is 0 Å². The van der Waals surface area contributed by atoms with Crippen molar-refractivity contribution in [2.45, 2.75) is 58.0 Å². The standard InChI is InChI=1S/C17H28N6O2/c1-3-13-8-15(21-10-20-13)19-9-12-6-4-5-7-14(12)23-16(24)11(2)22-17(18)25/h8,10-12,14H,3-7,9H2,1-2H3,(H,23,24)(H3,18,22,25)(H,19,20,21). The van der Waals surface area contributed by atoms with Gasteiger partial charge >= 0.3 is 6.03 Å². The molecule has 138 valence electrons. The van der Waals surface area contributed by atoms with Crippen LogP contribution in [0.3, 0.4) is 0 Å². The maximum atomic E-state index is 12.2. The number of nitrogens with two attached hydrogens (primary N) is 1. The summed E-state index contributed by atoms with van der Waals surface area (Å²) in [6.45, 7) is 4.42. The van der Waals surface area contributed by atoms with Gasteiger partial charge in [-0.05, 0) is 32.1 Å². The van der Waals surface area contributed by atoms with Crippen molar-refractivity contribution in [3.05, 3.63) is 18.1 Å². The number of aryl methyl sites for hydroxylation is 1. The Labute approximate surface area is 148 Å². The highest BCUT2D eigenvalue weighted by molar-refractivity contribution is 5.86. The van der Waals surface area contributed by atoms with Crippen LogP contribution in [0.5, 0.6) is 0 Å². The molecule has 2 rings (SSSR count). The number of nitrogens with one attached hydrogen (secondary N) is 3. The fourth-order valence-electron chi connectivity index (χ4n) is 3.15. The lowest BCUT2D eigenvalue weighted by Gasteiger charge is -2.33. The second-order valence-corrected chi connectivity index (χ2v) is 6.52. The first-order valence-corrected chi connectivity index (χ1v) is 8.90. The molecule has 1 fully saturated rings. The van der Waals surface area contributed by atoms with Gasteiger partial charge in [0.2, 0.25) is 5.91 Å². The molecule has 1 saturated carbocycles. The monoisotopic (exact) mass is 348 g/mol. The van der Waals surface area contributed by atoms with Crippen LogP contribution < -0.4 is 21.7 Å². The average molecular weight is 348 g/mol. The van der Waals surface area contributed by atoms with Crippen LogP contribution >= 0.6 is 0 Å². The summed E-state index contributed by atoms with van der Waals surface area (Å²) in [4.78, 5) is 31.6. The largest absolute Gasteiger partial charge is 0.370 e. The summed E-state index contributed by atoms with van der Waals surface area (Å²) in [6, 6.07) is 0.704. The molecule has 0 radical (unpaired) electrons. The summed E-state index contributed by atoms with van der Waals surface area (Å²) in [5.41, 5.74) is 6.07. The van der Waals surface area contributed by atoms with E-state index in [0.29, 0.717) is 5.92 Å². The Morgan fingerprint density at radius 3 is 2.80 bits per heavy atom. The molecule has 5 N–H and O–H groups in total. The van der Waals surface area contributed by atoms with Crippen molar-refractivity contribution in [1.29, 1.82) is 0 Å². The number of primary amides is 1. The minimum absolute atomic E-state index is 0.0818. The Hall–Kier alpha value is -2.38. The van der Waals surface area contributed by atoms with Crippen molar-refractivity contribution >= 4 is 17.8 Å². The third-order valence-corrected chi connectivity index (χ3v) is 4.62. The van der Waals surface area contributed by atoms with Crippen molar-refractivity contribution in [3.63, 3.8) is 0 Å². The predicted molar refractivity (Wildman–Crippen MR) is 96.0 cm³/mol. The van der Waals surface area contributed by atoms with Crippen LogP contribution in [0.25, 0.3) is 0 Å². The normalized spacial score (nSPS) is 21.2. The Morgan fingerprint density at radius 2 is 2.08 bits per heavy atom. The highest BCUT2D eigenvalue weighted by Crippen LogP contribution is 2.25. The fraction of sp³-hybridized carbons (Fsp3) is 0.647. The molecule has 1 heterocycles. The van der Waals surface area contributed by atoms with E-state index >= 15 is 0 Å². The smallest absolute Gasteiger partial charge is 0.312 e. The summed E-state index contributed by atoms with van der Waals surface area (Å²) in [6.07, 6.45) is 6.65. The topological polar surface area (TPSA) is 122 Å². The highest BCUT2D eigenvalue weighted by Gasteiger charge is 2.28. The summed E-state index contributed by atoms with van der Waals surface area (Å²) in [5, 5.41) is 8.82. The molecule has 0 spiro atoms. The number of amides is 3. The maximum Gasteiger partial charge on any atom is 0.312 e. The molecule has 8 nitrogen and oxygen atoms in total. The molecule has 1 aromatic heterocycles. The third kappa shape index (κ3) is 5.88. The summed E-state index contributed by atoms with van der Waals surface area (Å²) < 4.78 is 0. The van der Waals surface area contributed by atoms with Crippen LogP contribution in [0.2, 0.25) is 0 Å². The van der Waals surface area contributed by atoms with Crippen molar-refractivity contribution in [2.24, 2.45) is 11.7 Å². The first kappa shape index (κ1) is 19.0. The number of anilines is 1. The Bertz CT molecular complexity index is 594. The van der Waals surface area contributed by atoms with Crippen molar-refractivity contribution in [1.82, 2.24) is 20.6 Å². The molecule has 0 aromatic carbocycles. The van der Waals surface area contributed by atoms with Crippen LogP contribution in [0, 0.1) is 5.92 Å². The first-order chi connectivity index (χ1) is 12.0. The van der Waals surface area contributed by atoms with Crippen molar-refractivity contribution in [2.75, 3.05) is 11.9 Å². The van der Waals surface area contributed by atoms with E-state index in [1.165, 1.54) is 0 Å². The van der Waals surface area contributed by atoms with E-state index < -0.39 is 12.1 Å². The van der Waals surface area contributed by atoms with Crippen molar-refractivity contribution in [3.8, 4) is 0 Å². The molecule has 3 amide bonds. The van der Waals surface area contributed by atoms with Gasteiger partial charge in [0, 0.05) is 24.3 Å². The summed E-state index contributed by atoms with van der Waals surface area (Å²) in [5.74, 6) is 0.927. The second-order valence-electron chi connectivity index (χ2n) is 6.52. The van der Waals surface area contributed by atoms with E-state index in [1.54, 1.807) is 13.3 Å². The number of urea groups is 1. The van der Waals surface area contributed by atoms with Gasteiger partial charge in [-0.3, -0.25) is 4.79 Å². The summed E-state index contributed by atoms with van der Waals surface area (Å²) in [7, 11) is 0. The van der Waals surface area contributed by atoms with Gasteiger partial charge in [-0.15, -0.1) is 0 Å². The molecule has 0 aliphatic heterocycles. The van der Waals surface area contributed by atoms with Gasteiger partial charge in [0.1, 0.15) is 18.2 Å². The SMILES string of the molecule is CCc1cc(NCC2CCCCC2NC(=O)C(C)NC(N)=O)ncn1.